The van der Waals surface area contributed by atoms with Crippen LogP contribution >= 0.6 is 11.3 Å². The third-order valence-corrected chi connectivity index (χ3v) is 5.74. The Balaban J connectivity index is 2.30. The van der Waals surface area contributed by atoms with Crippen LogP contribution in [0.1, 0.15) is 23.7 Å². The third kappa shape index (κ3) is 3.49. The van der Waals surface area contributed by atoms with Crippen molar-refractivity contribution in [3.8, 4) is 0 Å². The molecule has 0 spiro atoms. The number of hydrogen-bond donors (Lipinski definition) is 1. The molecule has 0 radical (unpaired) electrons. The SMILES string of the molecule is CCc1ccc(S(=O)(=O)N(C)Cc2cscn2)cc1CO. The molecule has 0 saturated heterocycles. The van der Waals surface area contributed by atoms with Crippen molar-refractivity contribution >= 4 is 21.4 Å². The first kappa shape index (κ1) is 16.1. The Bertz CT molecular complexity index is 697. The predicted octanol–water partition coefficient (Wildman–Crippen LogP) is 2.02. The minimum Gasteiger partial charge on any atom is -0.392 e. The Morgan fingerprint density at radius 1 is 1.33 bits per heavy atom. The van der Waals surface area contributed by atoms with E-state index in [1.807, 2.05) is 12.3 Å². The van der Waals surface area contributed by atoms with Gasteiger partial charge in [0.1, 0.15) is 0 Å². The minimum absolute atomic E-state index is 0.164. The van der Waals surface area contributed by atoms with Crippen molar-refractivity contribution in [2.45, 2.75) is 31.4 Å². The smallest absolute Gasteiger partial charge is 0.243 e. The lowest BCUT2D eigenvalue weighted by atomic mass is 10.1. The molecule has 1 heterocycles. The van der Waals surface area contributed by atoms with Crippen LogP contribution in [0.25, 0.3) is 0 Å². The van der Waals surface area contributed by atoms with Gasteiger partial charge in [-0.3, -0.25) is 0 Å². The van der Waals surface area contributed by atoms with Crippen LogP contribution in [0.15, 0.2) is 34.0 Å². The lowest BCUT2D eigenvalue weighted by molar-refractivity contribution is 0.280. The van der Waals surface area contributed by atoms with Crippen molar-refractivity contribution < 1.29 is 13.5 Å². The molecule has 0 atom stereocenters. The molecule has 5 nitrogen and oxygen atoms in total. The van der Waals surface area contributed by atoms with Gasteiger partial charge >= 0.3 is 0 Å². The Labute approximate surface area is 128 Å². The lowest BCUT2D eigenvalue weighted by Gasteiger charge is -2.17. The summed E-state index contributed by atoms with van der Waals surface area (Å²) in [4.78, 5) is 4.29. The van der Waals surface area contributed by atoms with Crippen LogP contribution in [0.5, 0.6) is 0 Å². The highest BCUT2D eigenvalue weighted by Gasteiger charge is 2.22. The van der Waals surface area contributed by atoms with E-state index in [0.29, 0.717) is 5.56 Å². The molecule has 1 N–H and O–H groups in total. The molecule has 114 valence electrons. The van der Waals surface area contributed by atoms with Crippen LogP contribution in [0, 0.1) is 0 Å². The standard InChI is InChI=1S/C14H18N2O3S2/c1-3-11-4-5-14(6-12(11)8-17)21(18,19)16(2)7-13-9-20-10-15-13/h4-6,9-10,17H,3,7-8H2,1-2H3. The van der Waals surface area contributed by atoms with Gasteiger partial charge in [0.15, 0.2) is 0 Å². The fourth-order valence-corrected chi connectivity index (χ4v) is 3.81. The highest BCUT2D eigenvalue weighted by atomic mass is 32.2. The van der Waals surface area contributed by atoms with Crippen molar-refractivity contribution in [1.29, 1.82) is 0 Å². The number of thiazole rings is 1. The quantitative estimate of drug-likeness (QED) is 0.881. The molecule has 0 bridgehead atoms. The topological polar surface area (TPSA) is 70.5 Å². The van der Waals surface area contributed by atoms with Crippen LogP contribution in [0.4, 0.5) is 0 Å². The van der Waals surface area contributed by atoms with Gasteiger partial charge in [0.05, 0.1) is 29.3 Å². The summed E-state index contributed by atoms with van der Waals surface area (Å²) in [7, 11) is -2.06. The Kier molecular flexibility index (Phi) is 5.10. The van der Waals surface area contributed by atoms with Gasteiger partial charge in [-0.05, 0) is 29.7 Å². The number of rotatable bonds is 6. The van der Waals surface area contributed by atoms with Gasteiger partial charge < -0.3 is 5.11 Å². The average Bonchev–Trinajstić information content (AvgIpc) is 2.99. The maximum absolute atomic E-state index is 12.5. The molecule has 1 aromatic heterocycles. The molecule has 0 amide bonds. The first-order chi connectivity index (χ1) is 9.98. The van der Waals surface area contributed by atoms with E-state index in [1.54, 1.807) is 23.7 Å². The normalized spacial score (nSPS) is 12.0. The summed E-state index contributed by atoms with van der Waals surface area (Å²) in [6.45, 7) is 2.04. The monoisotopic (exact) mass is 326 g/mol. The summed E-state index contributed by atoms with van der Waals surface area (Å²) in [6.07, 6.45) is 0.755. The van der Waals surface area contributed by atoms with Crippen LogP contribution in [-0.4, -0.2) is 29.9 Å². The van der Waals surface area contributed by atoms with E-state index in [0.717, 1.165) is 17.7 Å². The number of hydrogen-bond acceptors (Lipinski definition) is 5. The summed E-state index contributed by atoms with van der Waals surface area (Å²) >= 11 is 1.43. The van der Waals surface area contributed by atoms with E-state index in [4.69, 9.17) is 0 Å². The zero-order valence-electron chi connectivity index (χ0n) is 12.0. The van der Waals surface area contributed by atoms with Crippen LogP contribution < -0.4 is 0 Å². The van der Waals surface area contributed by atoms with E-state index in [1.165, 1.54) is 22.7 Å². The second-order valence-electron chi connectivity index (χ2n) is 4.68. The van der Waals surface area contributed by atoms with Gasteiger partial charge in [-0.25, -0.2) is 13.4 Å². The van der Waals surface area contributed by atoms with Gasteiger partial charge in [0, 0.05) is 12.4 Å². The highest BCUT2D eigenvalue weighted by Crippen LogP contribution is 2.21. The Morgan fingerprint density at radius 2 is 2.10 bits per heavy atom. The number of benzene rings is 1. The molecule has 7 heteroatoms. The maximum Gasteiger partial charge on any atom is 0.243 e. The number of nitrogens with zero attached hydrogens (tertiary/aromatic N) is 2. The van der Waals surface area contributed by atoms with Gasteiger partial charge in [0.2, 0.25) is 10.0 Å². The fraction of sp³-hybridized carbons (Fsp3) is 0.357. The second kappa shape index (κ2) is 6.65. The fourth-order valence-electron chi connectivity index (χ4n) is 2.06. The second-order valence-corrected chi connectivity index (χ2v) is 7.45. The van der Waals surface area contributed by atoms with Gasteiger partial charge in [-0.15, -0.1) is 11.3 Å². The molecule has 0 aliphatic heterocycles. The minimum atomic E-state index is -3.59. The van der Waals surface area contributed by atoms with Crippen LogP contribution in [0.2, 0.25) is 0 Å². The zero-order valence-corrected chi connectivity index (χ0v) is 13.6. The number of aliphatic hydroxyl groups excluding tert-OH is 1. The van der Waals surface area contributed by atoms with Crippen molar-refractivity contribution in [2.24, 2.45) is 0 Å². The zero-order chi connectivity index (χ0) is 15.5. The first-order valence-electron chi connectivity index (χ1n) is 6.55. The summed E-state index contributed by atoms with van der Waals surface area (Å²) in [5.74, 6) is 0. The summed E-state index contributed by atoms with van der Waals surface area (Å²) < 4.78 is 26.4. The highest BCUT2D eigenvalue weighted by molar-refractivity contribution is 7.89. The summed E-state index contributed by atoms with van der Waals surface area (Å²) in [5.41, 5.74) is 4.01. The molecule has 2 rings (SSSR count). The van der Waals surface area contributed by atoms with Crippen LogP contribution in [-0.2, 0) is 29.6 Å². The molecular formula is C14H18N2O3S2. The summed E-state index contributed by atoms with van der Waals surface area (Å²) in [6, 6.07) is 4.89. The Morgan fingerprint density at radius 3 is 2.67 bits per heavy atom. The Hall–Kier alpha value is -1.28. The van der Waals surface area contributed by atoms with Crippen molar-refractivity contribution in [3.63, 3.8) is 0 Å². The van der Waals surface area contributed by atoms with E-state index in [-0.39, 0.29) is 18.0 Å². The third-order valence-electron chi connectivity index (χ3n) is 3.31. The number of aryl methyl sites for hydroxylation is 1. The van der Waals surface area contributed by atoms with Gasteiger partial charge in [0.25, 0.3) is 0 Å². The van der Waals surface area contributed by atoms with Crippen molar-refractivity contribution in [2.75, 3.05) is 7.05 Å². The molecule has 0 fully saturated rings. The number of aliphatic hydroxyl groups is 1. The molecule has 0 saturated carbocycles. The van der Waals surface area contributed by atoms with Crippen LogP contribution in [0.3, 0.4) is 0 Å². The average molecular weight is 326 g/mol. The van der Waals surface area contributed by atoms with Gasteiger partial charge in [-0.1, -0.05) is 13.0 Å². The molecule has 2 aromatic rings. The van der Waals surface area contributed by atoms with E-state index < -0.39 is 10.0 Å². The maximum atomic E-state index is 12.5. The van der Waals surface area contributed by atoms with Crippen molar-refractivity contribution in [1.82, 2.24) is 9.29 Å². The van der Waals surface area contributed by atoms with E-state index in [9.17, 15) is 13.5 Å². The summed E-state index contributed by atoms with van der Waals surface area (Å²) in [5, 5.41) is 11.2. The first-order valence-corrected chi connectivity index (χ1v) is 8.93. The number of aromatic nitrogens is 1. The lowest BCUT2D eigenvalue weighted by Crippen LogP contribution is -2.26. The van der Waals surface area contributed by atoms with Crippen molar-refractivity contribution in [3.05, 3.63) is 45.9 Å². The molecule has 1 aromatic carbocycles. The largest absolute Gasteiger partial charge is 0.392 e. The molecule has 21 heavy (non-hydrogen) atoms. The predicted molar refractivity (Wildman–Crippen MR) is 82.5 cm³/mol. The number of sulfonamides is 1. The molecule has 0 aliphatic rings. The van der Waals surface area contributed by atoms with E-state index in [2.05, 4.69) is 4.98 Å². The molecule has 0 unspecified atom stereocenters. The van der Waals surface area contributed by atoms with Gasteiger partial charge in [-0.2, -0.15) is 4.31 Å². The van der Waals surface area contributed by atoms with E-state index >= 15 is 0 Å². The molecule has 0 aliphatic carbocycles. The molecular weight excluding hydrogens is 308 g/mol.